The summed E-state index contributed by atoms with van der Waals surface area (Å²) < 4.78 is 43.5. The first kappa shape index (κ1) is 15.6. The van der Waals surface area contributed by atoms with Crippen molar-refractivity contribution in [2.24, 2.45) is 0 Å². The molecule has 2 nitrogen and oxygen atoms in total. The number of alkyl halides is 3. The predicted octanol–water partition coefficient (Wildman–Crippen LogP) is 4.65. The van der Waals surface area contributed by atoms with Crippen LogP contribution in [-0.2, 0) is 21.1 Å². The van der Waals surface area contributed by atoms with Crippen LogP contribution in [0.1, 0.15) is 36.1 Å². The molecule has 5 heteroatoms. The number of benzene rings is 2. The molecule has 2 unspecified atom stereocenters. The smallest absolute Gasteiger partial charge is 0.416 e. The van der Waals surface area contributed by atoms with Crippen LogP contribution in [0, 0.1) is 0 Å². The van der Waals surface area contributed by atoms with E-state index in [1.54, 1.807) is 0 Å². The van der Waals surface area contributed by atoms with Crippen LogP contribution in [0.5, 0.6) is 0 Å². The molecule has 1 saturated heterocycles. The number of ether oxygens (including phenoxy) is 1. The lowest BCUT2D eigenvalue weighted by Gasteiger charge is -2.29. The monoisotopic (exact) mass is 320 g/mol. The van der Waals surface area contributed by atoms with Gasteiger partial charge in [-0.3, -0.25) is 4.79 Å². The Morgan fingerprint density at radius 1 is 1.04 bits per heavy atom. The van der Waals surface area contributed by atoms with Crippen LogP contribution in [0.25, 0.3) is 0 Å². The van der Waals surface area contributed by atoms with Crippen molar-refractivity contribution in [2.45, 2.75) is 31.0 Å². The summed E-state index contributed by atoms with van der Waals surface area (Å²) in [5.41, 5.74) is 0.177. The first-order valence-electron chi connectivity index (χ1n) is 7.23. The molecule has 0 radical (unpaired) electrons. The summed E-state index contributed by atoms with van der Waals surface area (Å²) >= 11 is 0. The van der Waals surface area contributed by atoms with E-state index in [0.717, 1.165) is 17.7 Å². The van der Waals surface area contributed by atoms with E-state index in [1.165, 1.54) is 12.1 Å². The highest BCUT2D eigenvalue weighted by Gasteiger charge is 2.47. The highest BCUT2D eigenvalue weighted by atomic mass is 19.4. The van der Waals surface area contributed by atoms with E-state index >= 15 is 0 Å². The van der Waals surface area contributed by atoms with Gasteiger partial charge in [0.25, 0.3) is 0 Å². The standard InChI is InChI=1S/C18H15F3O2/c1-17(13-5-3-2-4-6-13)11-15(22)23-16(17)12-7-9-14(10-8-12)18(19,20)21/h2-10,16H,11H2,1H3. The summed E-state index contributed by atoms with van der Waals surface area (Å²) in [7, 11) is 0. The summed E-state index contributed by atoms with van der Waals surface area (Å²) in [5.74, 6) is -0.346. The van der Waals surface area contributed by atoms with Gasteiger partial charge in [0.15, 0.2) is 0 Å². The number of carbonyl (C=O) groups excluding carboxylic acids is 1. The third kappa shape index (κ3) is 2.83. The lowest BCUT2D eigenvalue weighted by atomic mass is 9.74. The maximum absolute atomic E-state index is 12.7. The number of halogens is 3. The zero-order chi connectivity index (χ0) is 16.7. The highest BCUT2D eigenvalue weighted by molar-refractivity contribution is 5.75. The van der Waals surface area contributed by atoms with Crippen molar-refractivity contribution in [1.29, 1.82) is 0 Å². The molecule has 23 heavy (non-hydrogen) atoms. The molecule has 0 saturated carbocycles. The molecule has 1 fully saturated rings. The molecule has 2 aromatic rings. The molecule has 1 aliphatic heterocycles. The van der Waals surface area contributed by atoms with Gasteiger partial charge in [0, 0.05) is 5.41 Å². The normalized spacial score (nSPS) is 24.5. The van der Waals surface area contributed by atoms with Crippen LogP contribution in [0.15, 0.2) is 54.6 Å². The molecule has 0 bridgehead atoms. The first-order chi connectivity index (χ1) is 10.8. The Balaban J connectivity index is 1.99. The largest absolute Gasteiger partial charge is 0.456 e. The summed E-state index contributed by atoms with van der Waals surface area (Å²) in [6.07, 6.45) is -4.78. The van der Waals surface area contributed by atoms with Gasteiger partial charge in [0.05, 0.1) is 12.0 Å². The van der Waals surface area contributed by atoms with Gasteiger partial charge in [-0.05, 0) is 23.3 Å². The fraction of sp³-hybridized carbons (Fsp3) is 0.278. The Labute approximate surface area is 131 Å². The Hall–Kier alpha value is -2.30. The average molecular weight is 320 g/mol. The molecule has 0 aliphatic carbocycles. The second-order valence-corrected chi connectivity index (χ2v) is 5.95. The lowest BCUT2D eigenvalue weighted by molar-refractivity contribution is -0.142. The quantitative estimate of drug-likeness (QED) is 0.753. The van der Waals surface area contributed by atoms with E-state index in [2.05, 4.69) is 0 Å². The Bertz CT molecular complexity index is 707. The molecule has 2 aromatic carbocycles. The molecule has 1 aliphatic rings. The summed E-state index contributed by atoms with van der Waals surface area (Å²) in [4.78, 5) is 11.8. The fourth-order valence-corrected chi connectivity index (χ4v) is 3.05. The minimum atomic E-state index is -4.38. The van der Waals surface area contributed by atoms with Gasteiger partial charge in [0.2, 0.25) is 0 Å². The van der Waals surface area contributed by atoms with Crippen LogP contribution >= 0.6 is 0 Å². The van der Waals surface area contributed by atoms with Gasteiger partial charge in [0.1, 0.15) is 6.10 Å². The third-order valence-corrected chi connectivity index (χ3v) is 4.31. The Kier molecular flexibility index (Phi) is 3.66. The highest BCUT2D eigenvalue weighted by Crippen LogP contribution is 2.47. The summed E-state index contributed by atoms with van der Waals surface area (Å²) in [6, 6.07) is 14.2. The van der Waals surface area contributed by atoms with Crippen LogP contribution in [0.4, 0.5) is 13.2 Å². The van der Waals surface area contributed by atoms with E-state index < -0.39 is 23.3 Å². The van der Waals surface area contributed by atoms with E-state index in [1.807, 2.05) is 37.3 Å². The molecular weight excluding hydrogens is 305 g/mol. The Morgan fingerprint density at radius 2 is 1.65 bits per heavy atom. The third-order valence-electron chi connectivity index (χ3n) is 4.31. The lowest BCUT2D eigenvalue weighted by Crippen LogP contribution is -2.26. The van der Waals surface area contributed by atoms with Crippen molar-refractivity contribution in [1.82, 2.24) is 0 Å². The molecule has 0 aromatic heterocycles. The van der Waals surface area contributed by atoms with Crippen molar-refractivity contribution in [2.75, 3.05) is 0 Å². The minimum Gasteiger partial charge on any atom is -0.456 e. The number of cyclic esters (lactones) is 1. The van der Waals surface area contributed by atoms with Crippen molar-refractivity contribution < 1.29 is 22.7 Å². The van der Waals surface area contributed by atoms with E-state index in [9.17, 15) is 18.0 Å². The average Bonchev–Trinajstić information content (AvgIpc) is 2.83. The van der Waals surface area contributed by atoms with Crippen LogP contribution in [-0.4, -0.2) is 5.97 Å². The maximum atomic E-state index is 12.7. The summed E-state index contributed by atoms with van der Waals surface area (Å²) in [6.45, 7) is 1.90. The minimum absolute atomic E-state index is 0.197. The molecule has 0 spiro atoms. The topological polar surface area (TPSA) is 26.3 Å². The molecule has 120 valence electrons. The SMILES string of the molecule is CC1(c2ccccc2)CC(=O)OC1c1ccc(C(F)(F)F)cc1. The number of rotatable bonds is 2. The van der Waals surface area contributed by atoms with Crippen molar-refractivity contribution in [3.8, 4) is 0 Å². The maximum Gasteiger partial charge on any atom is 0.416 e. The zero-order valence-electron chi connectivity index (χ0n) is 12.4. The second-order valence-electron chi connectivity index (χ2n) is 5.95. The Morgan fingerprint density at radius 3 is 2.22 bits per heavy atom. The predicted molar refractivity (Wildman–Crippen MR) is 78.7 cm³/mol. The van der Waals surface area contributed by atoms with Gasteiger partial charge >= 0.3 is 12.1 Å². The molecule has 2 atom stereocenters. The number of carbonyl (C=O) groups is 1. The van der Waals surface area contributed by atoms with Crippen molar-refractivity contribution in [3.63, 3.8) is 0 Å². The van der Waals surface area contributed by atoms with Crippen molar-refractivity contribution in [3.05, 3.63) is 71.3 Å². The zero-order valence-corrected chi connectivity index (χ0v) is 12.4. The fourth-order valence-electron chi connectivity index (χ4n) is 3.05. The molecular formula is C18H15F3O2. The summed E-state index contributed by atoms with van der Waals surface area (Å²) in [5, 5.41) is 0. The second kappa shape index (κ2) is 5.41. The van der Waals surface area contributed by atoms with E-state index in [-0.39, 0.29) is 12.4 Å². The molecule has 3 rings (SSSR count). The number of esters is 1. The molecule has 0 N–H and O–H groups in total. The van der Waals surface area contributed by atoms with Crippen molar-refractivity contribution >= 4 is 5.97 Å². The van der Waals surface area contributed by atoms with Gasteiger partial charge < -0.3 is 4.74 Å². The molecule has 1 heterocycles. The van der Waals surface area contributed by atoms with Gasteiger partial charge in [-0.2, -0.15) is 13.2 Å². The van der Waals surface area contributed by atoms with Gasteiger partial charge in [-0.25, -0.2) is 0 Å². The van der Waals surface area contributed by atoms with Crippen LogP contribution in [0.2, 0.25) is 0 Å². The van der Waals surface area contributed by atoms with E-state index in [4.69, 9.17) is 4.74 Å². The van der Waals surface area contributed by atoms with Gasteiger partial charge in [-0.1, -0.05) is 49.4 Å². The number of hydrogen-bond acceptors (Lipinski definition) is 2. The van der Waals surface area contributed by atoms with Crippen LogP contribution in [0.3, 0.4) is 0 Å². The molecule has 0 amide bonds. The first-order valence-corrected chi connectivity index (χ1v) is 7.23. The van der Waals surface area contributed by atoms with Gasteiger partial charge in [-0.15, -0.1) is 0 Å². The van der Waals surface area contributed by atoms with Crippen LogP contribution < -0.4 is 0 Å². The van der Waals surface area contributed by atoms with E-state index in [0.29, 0.717) is 5.56 Å². The number of hydrogen-bond donors (Lipinski definition) is 0.